The van der Waals surface area contributed by atoms with E-state index in [4.69, 9.17) is 16.6 Å². The van der Waals surface area contributed by atoms with Crippen molar-refractivity contribution in [3.05, 3.63) is 27.6 Å². The van der Waals surface area contributed by atoms with Crippen LogP contribution >= 0.6 is 22.9 Å². The first-order valence-corrected chi connectivity index (χ1v) is 7.87. The molecule has 7 heteroatoms. The maximum absolute atomic E-state index is 5.91. The Labute approximate surface area is 126 Å². The maximum Gasteiger partial charge on any atom is 0.159 e. The summed E-state index contributed by atoms with van der Waals surface area (Å²) in [7, 11) is 1.96. The van der Waals surface area contributed by atoms with E-state index < -0.39 is 0 Å². The van der Waals surface area contributed by atoms with Crippen molar-refractivity contribution in [3.63, 3.8) is 0 Å². The van der Waals surface area contributed by atoms with Crippen molar-refractivity contribution < 1.29 is 0 Å². The van der Waals surface area contributed by atoms with Crippen molar-refractivity contribution in [2.24, 2.45) is 7.05 Å². The molecule has 106 valence electrons. The van der Waals surface area contributed by atoms with Gasteiger partial charge in [0.1, 0.15) is 11.3 Å². The molecule has 0 aromatic carbocycles. The molecule has 0 unspecified atom stereocenters. The van der Waals surface area contributed by atoms with Crippen molar-refractivity contribution in [2.75, 3.05) is 5.88 Å². The van der Waals surface area contributed by atoms with E-state index in [2.05, 4.69) is 14.6 Å². The van der Waals surface area contributed by atoms with Crippen LogP contribution in [0.3, 0.4) is 0 Å². The fourth-order valence-electron chi connectivity index (χ4n) is 2.44. The molecule has 3 aromatic rings. The summed E-state index contributed by atoms with van der Waals surface area (Å²) >= 11 is 7.58. The number of hydrogen-bond acceptors (Lipinski definition) is 4. The summed E-state index contributed by atoms with van der Waals surface area (Å²) in [6.45, 7) is 4.80. The van der Waals surface area contributed by atoms with Crippen LogP contribution in [-0.4, -0.2) is 30.2 Å². The van der Waals surface area contributed by atoms with E-state index >= 15 is 0 Å². The van der Waals surface area contributed by atoms with Gasteiger partial charge in [-0.25, -0.2) is 9.97 Å². The number of hydrogen-bond donors (Lipinski definition) is 0. The van der Waals surface area contributed by atoms with Gasteiger partial charge in [-0.3, -0.25) is 4.68 Å². The second-order valence-corrected chi connectivity index (χ2v) is 6.11. The molecule has 0 fully saturated rings. The molecule has 3 aromatic heterocycles. The lowest BCUT2D eigenvalue weighted by Gasteiger charge is -2.08. The second-order valence-electron chi connectivity index (χ2n) is 4.80. The molecule has 0 radical (unpaired) electrons. The number of halogens is 1. The summed E-state index contributed by atoms with van der Waals surface area (Å²) in [6.07, 6.45) is 0.757. The van der Waals surface area contributed by atoms with Gasteiger partial charge >= 0.3 is 0 Å². The molecule has 0 aliphatic carbocycles. The van der Waals surface area contributed by atoms with Gasteiger partial charge in [0.05, 0.1) is 23.4 Å². The van der Waals surface area contributed by atoms with Gasteiger partial charge < -0.3 is 4.57 Å². The number of nitrogens with zero attached hydrogens (tertiary/aromatic N) is 5. The van der Waals surface area contributed by atoms with Crippen LogP contribution in [0.15, 0.2) is 5.51 Å². The summed E-state index contributed by atoms with van der Waals surface area (Å²) in [5.74, 6) is 1.58. The minimum absolute atomic E-state index is 0.567. The van der Waals surface area contributed by atoms with Crippen LogP contribution in [0, 0.1) is 13.8 Å². The summed E-state index contributed by atoms with van der Waals surface area (Å²) < 4.78 is 4.10. The highest BCUT2D eigenvalue weighted by atomic mass is 35.5. The van der Waals surface area contributed by atoms with Crippen LogP contribution in [0.1, 0.15) is 22.1 Å². The van der Waals surface area contributed by atoms with Crippen molar-refractivity contribution in [3.8, 4) is 0 Å². The smallest absolute Gasteiger partial charge is 0.159 e. The van der Waals surface area contributed by atoms with Gasteiger partial charge in [-0.2, -0.15) is 5.10 Å². The third kappa shape index (κ3) is 2.13. The molecule has 0 bridgehead atoms. The molecule has 0 spiro atoms. The summed E-state index contributed by atoms with van der Waals surface area (Å²) in [5.41, 5.74) is 5.94. The minimum Gasteiger partial charge on any atom is -0.307 e. The number of aryl methyl sites for hydroxylation is 4. The Hall–Kier alpha value is -1.40. The molecular weight excluding hydrogens is 294 g/mol. The quantitative estimate of drug-likeness (QED) is 0.696. The van der Waals surface area contributed by atoms with Crippen molar-refractivity contribution >= 4 is 34.1 Å². The molecule has 0 saturated heterocycles. The average molecular weight is 310 g/mol. The number of imidazole rings is 1. The van der Waals surface area contributed by atoms with Crippen LogP contribution in [0.2, 0.25) is 0 Å². The summed E-state index contributed by atoms with van der Waals surface area (Å²) in [5, 5.41) is 4.45. The predicted molar refractivity (Wildman–Crippen MR) is 81.6 cm³/mol. The van der Waals surface area contributed by atoms with Crippen LogP contribution in [0.4, 0.5) is 0 Å². The first-order valence-electron chi connectivity index (χ1n) is 6.45. The zero-order valence-electron chi connectivity index (χ0n) is 11.7. The van der Waals surface area contributed by atoms with Gasteiger partial charge in [-0.1, -0.05) is 0 Å². The molecule has 20 heavy (non-hydrogen) atoms. The largest absolute Gasteiger partial charge is 0.307 e. The molecule has 5 nitrogen and oxygen atoms in total. The van der Waals surface area contributed by atoms with Gasteiger partial charge in [-0.05, 0) is 13.8 Å². The zero-order valence-corrected chi connectivity index (χ0v) is 13.3. The molecule has 0 aliphatic rings. The van der Waals surface area contributed by atoms with Crippen LogP contribution in [0.25, 0.3) is 11.2 Å². The van der Waals surface area contributed by atoms with Gasteiger partial charge in [0.25, 0.3) is 0 Å². The standard InChI is InChI=1S/C13H16ClN5S/c1-8-10(20-7-15-8)6-19-11(4-5-14)16-12-9(2)17-18(3)13(12)19/h7H,4-6H2,1-3H3. The van der Waals surface area contributed by atoms with Gasteiger partial charge in [0.2, 0.25) is 0 Å². The minimum atomic E-state index is 0.567. The molecule has 0 amide bonds. The number of alkyl halides is 1. The lowest BCUT2D eigenvalue weighted by molar-refractivity contribution is 0.694. The van der Waals surface area contributed by atoms with Crippen molar-refractivity contribution in [1.29, 1.82) is 0 Å². The Morgan fingerprint density at radius 2 is 2.10 bits per heavy atom. The molecule has 0 atom stereocenters. The summed E-state index contributed by atoms with van der Waals surface area (Å²) in [6, 6.07) is 0. The molecule has 0 aliphatic heterocycles. The molecule has 0 N–H and O–H groups in total. The third-order valence-electron chi connectivity index (χ3n) is 3.43. The molecule has 3 heterocycles. The van der Waals surface area contributed by atoms with Crippen LogP contribution < -0.4 is 0 Å². The van der Waals surface area contributed by atoms with Crippen molar-refractivity contribution in [2.45, 2.75) is 26.8 Å². The highest BCUT2D eigenvalue weighted by Crippen LogP contribution is 2.23. The number of rotatable bonds is 4. The van der Waals surface area contributed by atoms with Crippen LogP contribution in [0.5, 0.6) is 0 Å². The van der Waals surface area contributed by atoms with Gasteiger partial charge in [0.15, 0.2) is 5.65 Å². The fraction of sp³-hybridized carbons (Fsp3) is 0.462. The second kappa shape index (κ2) is 5.18. The molecule has 3 rings (SSSR count). The Kier molecular flexibility index (Phi) is 3.52. The zero-order chi connectivity index (χ0) is 14.3. The summed E-state index contributed by atoms with van der Waals surface area (Å²) in [4.78, 5) is 10.3. The number of fused-ring (bicyclic) bond motifs is 1. The normalized spacial score (nSPS) is 11.6. The van der Waals surface area contributed by atoms with E-state index in [1.165, 1.54) is 4.88 Å². The van der Waals surface area contributed by atoms with E-state index in [-0.39, 0.29) is 0 Å². The Bertz CT molecular complexity index is 754. The molecule has 0 saturated carbocycles. The molecular formula is C13H16ClN5S. The fourth-order valence-corrected chi connectivity index (χ4v) is 3.38. The van der Waals surface area contributed by atoms with E-state index in [1.54, 1.807) is 11.3 Å². The van der Waals surface area contributed by atoms with Crippen molar-refractivity contribution in [1.82, 2.24) is 24.3 Å². The number of thiazole rings is 1. The van der Waals surface area contributed by atoms with Gasteiger partial charge in [-0.15, -0.1) is 22.9 Å². The average Bonchev–Trinajstić information content (AvgIpc) is 3.03. The first-order chi connectivity index (χ1) is 9.61. The van der Waals surface area contributed by atoms with Gasteiger partial charge in [0, 0.05) is 24.2 Å². The van der Waals surface area contributed by atoms with E-state index in [0.29, 0.717) is 5.88 Å². The number of aromatic nitrogens is 5. The SMILES string of the molecule is Cc1ncsc1Cn1c(CCCl)nc2c(C)nn(C)c21. The van der Waals surface area contributed by atoms with E-state index in [0.717, 1.165) is 41.3 Å². The highest BCUT2D eigenvalue weighted by molar-refractivity contribution is 7.09. The van der Waals surface area contributed by atoms with Crippen LogP contribution in [-0.2, 0) is 20.0 Å². The van der Waals surface area contributed by atoms with E-state index in [1.807, 2.05) is 31.1 Å². The first kappa shape index (κ1) is 13.6. The Morgan fingerprint density at radius 1 is 1.30 bits per heavy atom. The van der Waals surface area contributed by atoms with E-state index in [9.17, 15) is 0 Å². The highest BCUT2D eigenvalue weighted by Gasteiger charge is 2.18. The lowest BCUT2D eigenvalue weighted by Crippen LogP contribution is -2.09. The maximum atomic E-state index is 5.91. The third-order valence-corrected chi connectivity index (χ3v) is 4.54. The predicted octanol–water partition coefficient (Wildman–Crippen LogP) is 2.67. The topological polar surface area (TPSA) is 48.5 Å². The monoisotopic (exact) mass is 309 g/mol. The Balaban J connectivity index is 2.15. The lowest BCUT2D eigenvalue weighted by atomic mass is 10.3. The Morgan fingerprint density at radius 3 is 2.75 bits per heavy atom.